The zero-order valence-electron chi connectivity index (χ0n) is 14.4. The van der Waals surface area contributed by atoms with Gasteiger partial charge in [0, 0.05) is 16.8 Å². The zero-order chi connectivity index (χ0) is 19.3. The maximum absolute atomic E-state index is 12.6. The van der Waals surface area contributed by atoms with Crippen molar-refractivity contribution in [2.75, 3.05) is 19.5 Å². The number of sulfonamides is 1. The Morgan fingerprint density at radius 1 is 1.12 bits per heavy atom. The summed E-state index contributed by atoms with van der Waals surface area (Å²) in [4.78, 5) is 12.2. The average Bonchev–Trinajstić information content (AvgIpc) is 2.61. The Morgan fingerprint density at radius 2 is 1.85 bits per heavy atom. The molecular formula is C17H19ClN2O5S. The first-order valence-electron chi connectivity index (χ1n) is 7.57. The van der Waals surface area contributed by atoms with Gasteiger partial charge in [-0.2, -0.15) is 4.72 Å². The van der Waals surface area contributed by atoms with Crippen molar-refractivity contribution in [3.05, 3.63) is 47.5 Å². The standard InChI is InChI=1S/C17H19ClN2O5S/c1-11(17(21)19-13-5-4-6-14(10-13)24-2)20-26(22,23)16-9-12(18)7-8-15(16)25-3/h4-11,20H,1-3H3,(H,19,21)/t11-/m1/s1. The SMILES string of the molecule is COc1cccc(NC(=O)[C@@H](C)NS(=O)(=O)c2cc(Cl)ccc2OC)c1. The van der Waals surface area contributed by atoms with E-state index in [1.807, 2.05) is 0 Å². The van der Waals surface area contributed by atoms with Crippen LogP contribution in [0.5, 0.6) is 11.5 Å². The second-order valence-corrected chi connectivity index (χ2v) is 7.48. The number of nitrogens with one attached hydrogen (secondary N) is 2. The summed E-state index contributed by atoms with van der Waals surface area (Å²) in [5, 5.41) is 2.86. The van der Waals surface area contributed by atoms with Gasteiger partial charge in [-0.3, -0.25) is 4.79 Å². The highest BCUT2D eigenvalue weighted by molar-refractivity contribution is 7.89. The number of halogens is 1. The number of methoxy groups -OCH3 is 2. The van der Waals surface area contributed by atoms with Gasteiger partial charge in [0.05, 0.1) is 20.3 Å². The molecule has 0 saturated heterocycles. The number of hydrogen-bond acceptors (Lipinski definition) is 5. The molecule has 0 unspecified atom stereocenters. The van der Waals surface area contributed by atoms with Crippen molar-refractivity contribution >= 4 is 33.2 Å². The van der Waals surface area contributed by atoms with Gasteiger partial charge >= 0.3 is 0 Å². The van der Waals surface area contributed by atoms with Crippen molar-refractivity contribution in [2.45, 2.75) is 17.9 Å². The largest absolute Gasteiger partial charge is 0.497 e. The van der Waals surface area contributed by atoms with Crippen LogP contribution in [0, 0.1) is 0 Å². The van der Waals surface area contributed by atoms with E-state index >= 15 is 0 Å². The number of ether oxygens (including phenoxy) is 2. The van der Waals surface area contributed by atoms with E-state index in [-0.39, 0.29) is 15.7 Å². The Labute approximate surface area is 157 Å². The summed E-state index contributed by atoms with van der Waals surface area (Å²) in [5.74, 6) is 0.171. The lowest BCUT2D eigenvalue weighted by Crippen LogP contribution is -2.41. The van der Waals surface area contributed by atoms with Crippen molar-refractivity contribution in [3.8, 4) is 11.5 Å². The number of benzene rings is 2. The number of carbonyl (C=O) groups excluding carboxylic acids is 1. The van der Waals surface area contributed by atoms with Crippen LogP contribution in [0.2, 0.25) is 5.02 Å². The molecule has 2 N–H and O–H groups in total. The van der Waals surface area contributed by atoms with E-state index in [9.17, 15) is 13.2 Å². The van der Waals surface area contributed by atoms with Crippen molar-refractivity contribution in [3.63, 3.8) is 0 Å². The van der Waals surface area contributed by atoms with Gasteiger partial charge in [-0.1, -0.05) is 17.7 Å². The summed E-state index contributed by atoms with van der Waals surface area (Å²) in [6, 6.07) is 9.91. The van der Waals surface area contributed by atoms with Crippen molar-refractivity contribution in [2.24, 2.45) is 0 Å². The molecule has 140 valence electrons. The molecule has 26 heavy (non-hydrogen) atoms. The highest BCUT2D eigenvalue weighted by Gasteiger charge is 2.25. The molecule has 0 heterocycles. The van der Waals surface area contributed by atoms with Gasteiger partial charge in [0.15, 0.2) is 0 Å². The normalized spacial score (nSPS) is 12.3. The topological polar surface area (TPSA) is 93.7 Å². The van der Waals surface area contributed by atoms with E-state index in [1.165, 1.54) is 39.3 Å². The van der Waals surface area contributed by atoms with Crippen LogP contribution in [0.1, 0.15) is 6.92 Å². The predicted octanol–water partition coefficient (Wildman–Crippen LogP) is 2.66. The second kappa shape index (κ2) is 8.39. The molecule has 0 radical (unpaired) electrons. The van der Waals surface area contributed by atoms with Crippen LogP contribution in [-0.2, 0) is 14.8 Å². The van der Waals surface area contributed by atoms with Crippen molar-refractivity contribution < 1.29 is 22.7 Å². The summed E-state index contributed by atoms with van der Waals surface area (Å²) in [6.45, 7) is 1.43. The van der Waals surface area contributed by atoms with Crippen LogP contribution in [0.3, 0.4) is 0 Å². The Bertz CT molecular complexity index is 902. The molecule has 0 saturated carbocycles. The van der Waals surface area contributed by atoms with Gasteiger partial charge in [0.2, 0.25) is 15.9 Å². The highest BCUT2D eigenvalue weighted by atomic mass is 35.5. The zero-order valence-corrected chi connectivity index (χ0v) is 16.0. The van der Waals surface area contributed by atoms with Crippen molar-refractivity contribution in [1.29, 1.82) is 0 Å². The van der Waals surface area contributed by atoms with Crippen LogP contribution < -0.4 is 19.5 Å². The van der Waals surface area contributed by atoms with Crippen LogP contribution in [0.4, 0.5) is 5.69 Å². The summed E-state index contributed by atoms with van der Waals surface area (Å²) >= 11 is 5.88. The van der Waals surface area contributed by atoms with Crippen LogP contribution >= 0.6 is 11.6 Å². The molecule has 9 heteroatoms. The monoisotopic (exact) mass is 398 g/mol. The van der Waals surface area contributed by atoms with E-state index in [2.05, 4.69) is 10.0 Å². The number of carbonyl (C=O) groups is 1. The van der Waals surface area contributed by atoms with Gasteiger partial charge in [0.1, 0.15) is 16.4 Å². The molecule has 1 atom stereocenters. The Balaban J connectivity index is 2.16. The molecule has 0 aromatic heterocycles. The van der Waals surface area contributed by atoms with Gasteiger partial charge in [-0.15, -0.1) is 0 Å². The quantitative estimate of drug-likeness (QED) is 0.747. The molecule has 2 aromatic carbocycles. The molecule has 2 aromatic rings. The molecule has 0 bridgehead atoms. The fourth-order valence-electron chi connectivity index (χ4n) is 2.16. The number of rotatable bonds is 7. The Hall–Kier alpha value is -2.29. The highest BCUT2D eigenvalue weighted by Crippen LogP contribution is 2.27. The third kappa shape index (κ3) is 4.87. The van der Waals surface area contributed by atoms with Gasteiger partial charge < -0.3 is 14.8 Å². The van der Waals surface area contributed by atoms with E-state index in [1.54, 1.807) is 24.3 Å². The summed E-state index contributed by atoms with van der Waals surface area (Å²) in [6.07, 6.45) is 0. The third-order valence-electron chi connectivity index (χ3n) is 3.48. The Kier molecular flexibility index (Phi) is 6.47. The van der Waals surface area contributed by atoms with Gasteiger partial charge in [-0.05, 0) is 37.3 Å². The van der Waals surface area contributed by atoms with E-state index in [0.717, 1.165) is 0 Å². The molecular weight excluding hydrogens is 380 g/mol. The number of anilines is 1. The molecule has 0 aliphatic rings. The fourth-order valence-corrected chi connectivity index (χ4v) is 3.80. The smallest absolute Gasteiger partial charge is 0.245 e. The summed E-state index contributed by atoms with van der Waals surface area (Å²) in [7, 11) is -1.16. The van der Waals surface area contributed by atoms with Gasteiger partial charge in [0.25, 0.3) is 0 Å². The van der Waals surface area contributed by atoms with E-state index < -0.39 is 22.0 Å². The first-order chi connectivity index (χ1) is 12.3. The Morgan fingerprint density at radius 3 is 2.50 bits per heavy atom. The summed E-state index contributed by atoms with van der Waals surface area (Å²) in [5.41, 5.74) is 0.487. The third-order valence-corrected chi connectivity index (χ3v) is 5.27. The molecule has 1 amide bonds. The molecule has 2 rings (SSSR count). The molecule has 0 fully saturated rings. The second-order valence-electron chi connectivity index (χ2n) is 5.36. The minimum absolute atomic E-state index is 0.127. The lowest BCUT2D eigenvalue weighted by molar-refractivity contribution is -0.117. The number of amides is 1. The lowest BCUT2D eigenvalue weighted by Gasteiger charge is -2.16. The van der Waals surface area contributed by atoms with Crippen molar-refractivity contribution in [1.82, 2.24) is 4.72 Å². The molecule has 0 aliphatic heterocycles. The maximum atomic E-state index is 12.6. The summed E-state index contributed by atoms with van der Waals surface area (Å²) < 4.78 is 37.6. The first-order valence-corrected chi connectivity index (χ1v) is 9.43. The first kappa shape index (κ1) is 20.0. The maximum Gasteiger partial charge on any atom is 0.245 e. The predicted molar refractivity (Wildman–Crippen MR) is 99.4 cm³/mol. The van der Waals surface area contributed by atoms with Crippen LogP contribution in [0.25, 0.3) is 0 Å². The lowest BCUT2D eigenvalue weighted by atomic mass is 10.2. The fraction of sp³-hybridized carbons (Fsp3) is 0.235. The molecule has 7 nitrogen and oxygen atoms in total. The minimum atomic E-state index is -4.02. The van der Waals surface area contributed by atoms with Crippen LogP contribution in [0.15, 0.2) is 47.4 Å². The van der Waals surface area contributed by atoms with Crippen LogP contribution in [-0.4, -0.2) is 34.6 Å². The molecule has 0 aliphatic carbocycles. The minimum Gasteiger partial charge on any atom is -0.497 e. The van der Waals surface area contributed by atoms with E-state index in [4.69, 9.17) is 21.1 Å². The number of hydrogen-bond donors (Lipinski definition) is 2. The average molecular weight is 399 g/mol. The van der Waals surface area contributed by atoms with E-state index in [0.29, 0.717) is 11.4 Å². The molecule has 0 spiro atoms. The van der Waals surface area contributed by atoms with Gasteiger partial charge in [-0.25, -0.2) is 8.42 Å².